The number of amides is 1. The van der Waals surface area contributed by atoms with Gasteiger partial charge in [-0.1, -0.05) is 36.4 Å². The third kappa shape index (κ3) is 3.26. The predicted molar refractivity (Wildman–Crippen MR) is 91.8 cm³/mol. The number of rotatable bonds is 2. The van der Waals surface area contributed by atoms with Crippen LogP contribution in [0.3, 0.4) is 0 Å². The van der Waals surface area contributed by atoms with E-state index in [2.05, 4.69) is 4.98 Å². The van der Waals surface area contributed by atoms with Gasteiger partial charge in [0.15, 0.2) is 0 Å². The van der Waals surface area contributed by atoms with Crippen molar-refractivity contribution in [3.05, 3.63) is 59.8 Å². The molecule has 2 aromatic rings. The Morgan fingerprint density at radius 3 is 2.58 bits per heavy atom. The fraction of sp³-hybridized carbons (Fsp3) is 0.368. The Hall–Kier alpha value is -2.40. The maximum atomic E-state index is 12.5. The second-order valence-corrected chi connectivity index (χ2v) is 6.98. The summed E-state index contributed by atoms with van der Waals surface area (Å²) in [4.78, 5) is 18.1. The van der Waals surface area contributed by atoms with E-state index >= 15 is 0 Å². The molecular formula is C19H22N2O3. The van der Waals surface area contributed by atoms with Gasteiger partial charge in [0.25, 0.3) is 0 Å². The average Bonchev–Trinajstić information content (AvgIpc) is 2.79. The van der Waals surface area contributed by atoms with Crippen LogP contribution in [0.2, 0.25) is 0 Å². The van der Waals surface area contributed by atoms with Gasteiger partial charge >= 0.3 is 6.09 Å². The molecule has 1 aromatic heterocycles. The zero-order valence-corrected chi connectivity index (χ0v) is 14.1. The van der Waals surface area contributed by atoms with Crippen molar-refractivity contribution in [1.82, 2.24) is 4.98 Å². The van der Waals surface area contributed by atoms with Crippen molar-refractivity contribution in [1.29, 1.82) is 0 Å². The molecule has 2 heterocycles. The molecule has 2 atom stereocenters. The Kier molecular flexibility index (Phi) is 4.28. The van der Waals surface area contributed by atoms with Crippen LogP contribution in [0, 0.1) is 0 Å². The minimum atomic E-state index is -0.995. The minimum Gasteiger partial charge on any atom is -0.443 e. The van der Waals surface area contributed by atoms with Crippen LogP contribution in [-0.4, -0.2) is 28.0 Å². The number of aromatic nitrogens is 1. The van der Waals surface area contributed by atoms with Crippen molar-refractivity contribution in [2.45, 2.75) is 44.9 Å². The van der Waals surface area contributed by atoms with E-state index < -0.39 is 17.9 Å². The SMILES string of the molecule is CC(C)(C)OC(=O)N1c2ncccc2C(Cc2ccccc2)C1O. The fourth-order valence-corrected chi connectivity index (χ4v) is 2.95. The molecule has 0 bridgehead atoms. The van der Waals surface area contributed by atoms with Crippen molar-refractivity contribution in [2.75, 3.05) is 4.90 Å². The van der Waals surface area contributed by atoms with E-state index in [-0.39, 0.29) is 5.92 Å². The molecule has 1 amide bonds. The molecule has 0 saturated carbocycles. The van der Waals surface area contributed by atoms with E-state index in [4.69, 9.17) is 4.74 Å². The van der Waals surface area contributed by atoms with Crippen LogP contribution >= 0.6 is 0 Å². The van der Waals surface area contributed by atoms with Crippen LogP contribution in [-0.2, 0) is 11.2 Å². The number of carbonyl (C=O) groups is 1. The first-order valence-electron chi connectivity index (χ1n) is 8.06. The number of benzene rings is 1. The van der Waals surface area contributed by atoms with Gasteiger partial charge in [0, 0.05) is 17.7 Å². The van der Waals surface area contributed by atoms with Gasteiger partial charge in [0.05, 0.1) is 0 Å². The highest BCUT2D eigenvalue weighted by atomic mass is 16.6. The van der Waals surface area contributed by atoms with Gasteiger partial charge in [-0.3, -0.25) is 0 Å². The molecule has 3 rings (SSSR count). The number of aliphatic hydroxyl groups excluding tert-OH is 1. The molecule has 5 heteroatoms. The quantitative estimate of drug-likeness (QED) is 0.918. The van der Waals surface area contributed by atoms with Crippen molar-refractivity contribution in [3.63, 3.8) is 0 Å². The second-order valence-electron chi connectivity index (χ2n) is 6.98. The molecule has 5 nitrogen and oxygen atoms in total. The summed E-state index contributed by atoms with van der Waals surface area (Å²) in [6.07, 6.45) is 0.670. The van der Waals surface area contributed by atoms with E-state index in [1.807, 2.05) is 42.5 Å². The summed E-state index contributed by atoms with van der Waals surface area (Å²) in [5.74, 6) is 0.240. The number of hydrogen-bond acceptors (Lipinski definition) is 4. The van der Waals surface area contributed by atoms with E-state index in [0.29, 0.717) is 12.2 Å². The maximum Gasteiger partial charge on any atom is 0.418 e. The van der Waals surface area contributed by atoms with Crippen LogP contribution in [0.5, 0.6) is 0 Å². The second kappa shape index (κ2) is 6.24. The number of carbonyl (C=O) groups excluding carboxylic acids is 1. The molecule has 1 N–H and O–H groups in total. The maximum absolute atomic E-state index is 12.5. The van der Waals surface area contributed by atoms with E-state index in [1.54, 1.807) is 27.0 Å². The molecule has 1 aliphatic heterocycles. The number of aliphatic hydroxyl groups is 1. The monoisotopic (exact) mass is 326 g/mol. The number of anilines is 1. The van der Waals surface area contributed by atoms with Gasteiger partial charge in [-0.2, -0.15) is 0 Å². The predicted octanol–water partition coefficient (Wildman–Crippen LogP) is 3.48. The van der Waals surface area contributed by atoms with Crippen LogP contribution in [0.15, 0.2) is 48.7 Å². The third-order valence-electron chi connectivity index (χ3n) is 3.96. The third-order valence-corrected chi connectivity index (χ3v) is 3.96. The lowest BCUT2D eigenvalue weighted by molar-refractivity contribution is 0.0462. The summed E-state index contributed by atoms with van der Waals surface area (Å²) < 4.78 is 5.43. The lowest BCUT2D eigenvalue weighted by Gasteiger charge is -2.27. The molecule has 0 aliphatic carbocycles. The molecule has 1 aliphatic rings. The molecule has 24 heavy (non-hydrogen) atoms. The Bertz CT molecular complexity index is 725. The number of nitrogens with zero attached hydrogens (tertiary/aromatic N) is 2. The average molecular weight is 326 g/mol. The zero-order valence-electron chi connectivity index (χ0n) is 14.1. The van der Waals surface area contributed by atoms with E-state index in [0.717, 1.165) is 11.1 Å². The smallest absolute Gasteiger partial charge is 0.418 e. The van der Waals surface area contributed by atoms with Crippen LogP contribution in [0.25, 0.3) is 0 Å². The van der Waals surface area contributed by atoms with Crippen molar-refractivity contribution in [3.8, 4) is 0 Å². The topological polar surface area (TPSA) is 62.7 Å². The summed E-state index contributed by atoms with van der Waals surface area (Å²) in [6, 6.07) is 13.6. The van der Waals surface area contributed by atoms with Crippen LogP contribution < -0.4 is 4.90 Å². The number of fused-ring (bicyclic) bond motifs is 1. The van der Waals surface area contributed by atoms with E-state index in [9.17, 15) is 9.90 Å². The first-order valence-corrected chi connectivity index (χ1v) is 8.06. The van der Waals surface area contributed by atoms with Gasteiger partial charge in [-0.05, 0) is 38.8 Å². The summed E-state index contributed by atoms with van der Waals surface area (Å²) in [5, 5.41) is 10.8. The molecule has 0 fully saturated rings. The number of hydrogen-bond donors (Lipinski definition) is 1. The van der Waals surface area contributed by atoms with Crippen molar-refractivity contribution < 1.29 is 14.6 Å². The largest absolute Gasteiger partial charge is 0.443 e. The molecule has 0 spiro atoms. The highest BCUT2D eigenvalue weighted by Crippen LogP contribution is 2.40. The Labute approximate surface area is 141 Å². The summed E-state index contributed by atoms with van der Waals surface area (Å²) in [5.41, 5.74) is 1.32. The minimum absolute atomic E-state index is 0.233. The van der Waals surface area contributed by atoms with Crippen molar-refractivity contribution >= 4 is 11.9 Å². The van der Waals surface area contributed by atoms with Crippen molar-refractivity contribution in [2.24, 2.45) is 0 Å². The highest BCUT2D eigenvalue weighted by Gasteiger charge is 2.43. The molecule has 0 radical (unpaired) electrons. The number of ether oxygens (including phenoxy) is 1. The normalized spacial score (nSPS) is 19.9. The molecule has 0 saturated heterocycles. The highest BCUT2D eigenvalue weighted by molar-refractivity contribution is 5.90. The first kappa shape index (κ1) is 16.5. The Morgan fingerprint density at radius 1 is 1.21 bits per heavy atom. The molecule has 126 valence electrons. The summed E-state index contributed by atoms with van der Waals surface area (Å²) >= 11 is 0. The summed E-state index contributed by atoms with van der Waals surface area (Å²) in [6.45, 7) is 5.40. The molecular weight excluding hydrogens is 304 g/mol. The van der Waals surface area contributed by atoms with Gasteiger partial charge in [0.1, 0.15) is 17.6 Å². The zero-order chi connectivity index (χ0) is 17.3. The Balaban J connectivity index is 1.92. The van der Waals surface area contributed by atoms with Gasteiger partial charge < -0.3 is 9.84 Å². The standard InChI is InChI=1S/C19H22N2O3/c1-19(2,3)24-18(23)21-16-14(10-7-11-20-16)15(17(21)22)12-13-8-5-4-6-9-13/h4-11,15,17,22H,12H2,1-3H3. The first-order chi connectivity index (χ1) is 11.4. The Morgan fingerprint density at radius 2 is 1.92 bits per heavy atom. The lowest BCUT2D eigenvalue weighted by Crippen LogP contribution is -2.43. The number of pyridine rings is 1. The molecule has 1 aromatic carbocycles. The fourth-order valence-electron chi connectivity index (χ4n) is 2.95. The van der Waals surface area contributed by atoms with Gasteiger partial charge in [0.2, 0.25) is 0 Å². The lowest BCUT2D eigenvalue weighted by atomic mass is 9.93. The molecule has 2 unspecified atom stereocenters. The van der Waals surface area contributed by atoms with Crippen LogP contribution in [0.4, 0.5) is 10.6 Å². The summed E-state index contributed by atoms with van der Waals surface area (Å²) in [7, 11) is 0. The van der Waals surface area contributed by atoms with Crippen LogP contribution in [0.1, 0.15) is 37.8 Å². The van der Waals surface area contributed by atoms with Gasteiger partial charge in [-0.15, -0.1) is 0 Å². The van der Waals surface area contributed by atoms with Gasteiger partial charge in [-0.25, -0.2) is 14.7 Å². The van der Waals surface area contributed by atoms with E-state index in [1.165, 1.54) is 4.90 Å².